The van der Waals surface area contributed by atoms with Crippen molar-refractivity contribution in [3.05, 3.63) is 0 Å². The third-order valence-corrected chi connectivity index (χ3v) is 0.287. The highest BCUT2D eigenvalue weighted by molar-refractivity contribution is 5.82. The Morgan fingerprint density at radius 2 is 1.38 bits per heavy atom. The van der Waals surface area contributed by atoms with Crippen LogP contribution in [0.1, 0.15) is 13.8 Å². The van der Waals surface area contributed by atoms with Crippen molar-refractivity contribution in [3.8, 4) is 0 Å². The normalized spacial score (nSPS) is 6.75. The average Bonchev–Trinajstić information content (AvgIpc) is 1.27. The topological polar surface area (TPSA) is 43.4 Å². The smallest absolute Gasteiger partial charge is 0.316 e. The number of rotatable bonds is 0. The number of esters is 2. The monoisotopic (exact) mass is 128 g/mol. The predicted molar refractivity (Wildman–Crippen MR) is 31.0 cm³/mol. The van der Waals surface area contributed by atoms with Crippen molar-refractivity contribution < 1.29 is 14.3 Å². The fourth-order valence-electron chi connectivity index (χ4n) is 0.202. The molecule has 0 atom stereocenters. The Bertz CT molecular complexity index is 87.5. The van der Waals surface area contributed by atoms with Crippen LogP contribution in [0.2, 0.25) is 0 Å². The highest BCUT2D eigenvalue weighted by atomic mass is 24.3. The summed E-state index contributed by atoms with van der Waals surface area (Å²) >= 11 is 0. The molecule has 0 aliphatic heterocycles. The summed E-state index contributed by atoms with van der Waals surface area (Å²) in [6.45, 7) is 2.36. The van der Waals surface area contributed by atoms with E-state index >= 15 is 0 Å². The summed E-state index contributed by atoms with van der Waals surface area (Å²) in [5, 5.41) is 0. The Hall–Kier alpha value is -0.0938. The Balaban J connectivity index is 0. The van der Waals surface area contributed by atoms with Crippen LogP contribution in [-0.4, -0.2) is 35.0 Å². The summed E-state index contributed by atoms with van der Waals surface area (Å²) in [7, 11) is 0. The molecule has 4 heteroatoms. The van der Waals surface area contributed by atoms with Gasteiger partial charge < -0.3 is 4.74 Å². The first-order valence-electron chi connectivity index (χ1n) is 1.82. The van der Waals surface area contributed by atoms with E-state index in [1.54, 1.807) is 0 Å². The van der Waals surface area contributed by atoms with Gasteiger partial charge in [-0.25, -0.2) is 0 Å². The summed E-state index contributed by atoms with van der Waals surface area (Å²) < 4.78 is 3.97. The molecule has 8 heavy (non-hydrogen) atoms. The van der Waals surface area contributed by atoms with Gasteiger partial charge in [0.1, 0.15) is 0 Å². The molecule has 0 aliphatic rings. The second kappa shape index (κ2) is 5.05. The molecular weight excluding hydrogens is 120 g/mol. The molecule has 3 nitrogen and oxygen atoms in total. The lowest BCUT2D eigenvalue weighted by Crippen LogP contribution is -2.03. The van der Waals surface area contributed by atoms with E-state index in [0.717, 1.165) is 0 Å². The van der Waals surface area contributed by atoms with E-state index in [9.17, 15) is 9.59 Å². The lowest BCUT2D eigenvalue weighted by molar-refractivity contribution is -0.156. The predicted octanol–water partition coefficient (Wildman–Crippen LogP) is -0.820. The molecule has 0 spiro atoms. The molecule has 0 heterocycles. The Kier molecular flexibility index (Phi) is 6.83. The van der Waals surface area contributed by atoms with Crippen LogP contribution in [0.3, 0.4) is 0 Å². The molecular formula is C4H8MgO3. The lowest BCUT2D eigenvalue weighted by atomic mass is 10.7. The standard InChI is InChI=1S/C4H6O3.Mg.2H/c1-3(5)7-4(2)6;;;/h1-2H3;;;. The molecule has 44 valence electrons. The molecule has 0 radical (unpaired) electrons. The van der Waals surface area contributed by atoms with Gasteiger partial charge in [0.25, 0.3) is 0 Å². The fraction of sp³-hybridized carbons (Fsp3) is 0.500. The second-order valence-electron chi connectivity index (χ2n) is 1.09. The average molecular weight is 128 g/mol. The zero-order valence-electron chi connectivity index (χ0n) is 4.22. The first-order chi connectivity index (χ1) is 3.13. The van der Waals surface area contributed by atoms with Gasteiger partial charge in [-0.1, -0.05) is 0 Å². The second-order valence-corrected chi connectivity index (χ2v) is 1.09. The van der Waals surface area contributed by atoms with Crippen molar-refractivity contribution >= 4 is 35.0 Å². The van der Waals surface area contributed by atoms with Crippen molar-refractivity contribution in [2.75, 3.05) is 0 Å². The van der Waals surface area contributed by atoms with Crippen LogP contribution < -0.4 is 0 Å². The molecule has 0 bridgehead atoms. The summed E-state index contributed by atoms with van der Waals surface area (Å²) in [6, 6.07) is 0. The van der Waals surface area contributed by atoms with Crippen LogP contribution in [0.25, 0.3) is 0 Å². The molecule has 0 aromatic carbocycles. The fourth-order valence-corrected chi connectivity index (χ4v) is 0.202. The van der Waals surface area contributed by atoms with E-state index in [1.165, 1.54) is 13.8 Å². The van der Waals surface area contributed by atoms with Gasteiger partial charge in [0.15, 0.2) is 0 Å². The molecule has 0 aliphatic carbocycles. The maximum atomic E-state index is 9.81. The van der Waals surface area contributed by atoms with Crippen molar-refractivity contribution in [1.29, 1.82) is 0 Å². The van der Waals surface area contributed by atoms with Crippen LogP contribution >= 0.6 is 0 Å². The number of hydrogen-bond acceptors (Lipinski definition) is 3. The van der Waals surface area contributed by atoms with Crippen LogP contribution in [-0.2, 0) is 14.3 Å². The summed E-state index contributed by atoms with van der Waals surface area (Å²) in [6.07, 6.45) is 0. The van der Waals surface area contributed by atoms with E-state index < -0.39 is 11.9 Å². The SMILES string of the molecule is CC(=O)OC(C)=O.[MgH2]. The van der Waals surface area contributed by atoms with Gasteiger partial charge >= 0.3 is 35.0 Å². The minimum Gasteiger partial charge on any atom is -0.394 e. The molecule has 0 aromatic heterocycles. The van der Waals surface area contributed by atoms with Gasteiger partial charge in [0, 0.05) is 13.8 Å². The maximum absolute atomic E-state index is 9.81. The van der Waals surface area contributed by atoms with Crippen LogP contribution in [0.15, 0.2) is 0 Å². The largest absolute Gasteiger partial charge is 0.394 e. The first kappa shape index (κ1) is 10.8. The third-order valence-electron chi connectivity index (χ3n) is 0.287. The van der Waals surface area contributed by atoms with Crippen molar-refractivity contribution in [1.82, 2.24) is 0 Å². The van der Waals surface area contributed by atoms with Crippen LogP contribution in [0, 0.1) is 0 Å². The first-order valence-corrected chi connectivity index (χ1v) is 1.82. The van der Waals surface area contributed by atoms with E-state index in [-0.39, 0.29) is 23.1 Å². The van der Waals surface area contributed by atoms with Gasteiger partial charge in [0.2, 0.25) is 0 Å². The number of hydrogen-bond donors (Lipinski definition) is 0. The Morgan fingerprint density at radius 3 is 1.38 bits per heavy atom. The van der Waals surface area contributed by atoms with Crippen molar-refractivity contribution in [2.45, 2.75) is 13.8 Å². The summed E-state index contributed by atoms with van der Waals surface area (Å²) in [5.41, 5.74) is 0. The number of carbonyl (C=O) groups excluding carboxylic acids is 2. The van der Waals surface area contributed by atoms with Gasteiger partial charge in [-0.05, 0) is 0 Å². The van der Waals surface area contributed by atoms with Crippen molar-refractivity contribution in [2.24, 2.45) is 0 Å². The van der Waals surface area contributed by atoms with Gasteiger partial charge in [-0.2, -0.15) is 0 Å². The zero-order valence-corrected chi connectivity index (χ0v) is 4.22. The number of ether oxygens (including phenoxy) is 1. The molecule has 0 aromatic rings. The number of carbonyl (C=O) groups is 2. The molecule has 0 rings (SSSR count). The molecule has 0 N–H and O–H groups in total. The Morgan fingerprint density at radius 1 is 1.12 bits per heavy atom. The van der Waals surface area contributed by atoms with Crippen LogP contribution in [0.4, 0.5) is 0 Å². The van der Waals surface area contributed by atoms with E-state index in [4.69, 9.17) is 0 Å². The van der Waals surface area contributed by atoms with Gasteiger partial charge in [0.05, 0.1) is 0 Å². The van der Waals surface area contributed by atoms with Crippen molar-refractivity contribution in [3.63, 3.8) is 0 Å². The highest BCUT2D eigenvalue weighted by Crippen LogP contribution is 1.73. The van der Waals surface area contributed by atoms with E-state index in [0.29, 0.717) is 0 Å². The molecule has 0 unspecified atom stereocenters. The maximum Gasteiger partial charge on any atom is 0.316 e. The summed E-state index contributed by atoms with van der Waals surface area (Å²) in [4.78, 5) is 19.6. The quantitative estimate of drug-likeness (QED) is 0.243. The minimum absolute atomic E-state index is 0. The Labute approximate surface area is 63.5 Å². The van der Waals surface area contributed by atoms with Gasteiger partial charge in [-0.15, -0.1) is 0 Å². The summed E-state index contributed by atoms with van der Waals surface area (Å²) in [5.74, 6) is -1.12. The minimum atomic E-state index is -0.562. The molecule has 0 amide bonds. The molecule has 0 saturated heterocycles. The van der Waals surface area contributed by atoms with Crippen LogP contribution in [0.5, 0.6) is 0 Å². The van der Waals surface area contributed by atoms with Gasteiger partial charge in [-0.3, -0.25) is 9.59 Å². The molecule has 0 fully saturated rings. The highest BCUT2D eigenvalue weighted by Gasteiger charge is 1.93. The van der Waals surface area contributed by atoms with E-state index in [1.807, 2.05) is 0 Å². The lowest BCUT2D eigenvalue weighted by Gasteiger charge is -1.87. The third kappa shape index (κ3) is 9.32. The zero-order chi connectivity index (χ0) is 5.86. The van der Waals surface area contributed by atoms with E-state index in [2.05, 4.69) is 4.74 Å². The molecule has 0 saturated carbocycles.